The summed E-state index contributed by atoms with van der Waals surface area (Å²) in [7, 11) is 0. The molecule has 2 aromatic heterocycles. The Bertz CT molecular complexity index is 664. The van der Waals surface area contributed by atoms with E-state index in [0.717, 1.165) is 4.88 Å². The monoisotopic (exact) mass is 304 g/mol. The molecule has 0 radical (unpaired) electrons. The Balaban J connectivity index is 2.06. The van der Waals surface area contributed by atoms with Gasteiger partial charge in [0.1, 0.15) is 5.69 Å². The van der Waals surface area contributed by atoms with Crippen LogP contribution in [0.15, 0.2) is 35.6 Å². The van der Waals surface area contributed by atoms with Crippen molar-refractivity contribution in [3.8, 4) is 0 Å². The van der Waals surface area contributed by atoms with Crippen LogP contribution in [0, 0.1) is 6.92 Å². The van der Waals surface area contributed by atoms with Gasteiger partial charge in [0, 0.05) is 21.5 Å². The molecule has 1 unspecified atom stereocenters. The van der Waals surface area contributed by atoms with E-state index in [9.17, 15) is 4.79 Å². The van der Waals surface area contributed by atoms with E-state index >= 15 is 0 Å². The van der Waals surface area contributed by atoms with Crippen molar-refractivity contribution in [2.75, 3.05) is 0 Å². The first-order chi connectivity index (χ1) is 10.0. The fourth-order valence-corrected chi connectivity index (χ4v) is 2.64. The Kier molecular flexibility index (Phi) is 4.54. The molecule has 0 spiro atoms. The van der Waals surface area contributed by atoms with Crippen molar-refractivity contribution in [1.29, 1.82) is 0 Å². The van der Waals surface area contributed by atoms with Crippen LogP contribution >= 0.6 is 11.3 Å². The number of nitrogens with two attached hydrogens (primary N) is 1. The van der Waals surface area contributed by atoms with Crippen molar-refractivity contribution in [2.45, 2.75) is 19.9 Å². The van der Waals surface area contributed by atoms with Gasteiger partial charge >= 0.3 is 0 Å². The number of pyridine rings is 1. The second-order valence-electron chi connectivity index (χ2n) is 4.56. The summed E-state index contributed by atoms with van der Waals surface area (Å²) in [5, 5.41) is 14.3. The Morgan fingerprint density at radius 3 is 2.71 bits per heavy atom. The van der Waals surface area contributed by atoms with Crippen molar-refractivity contribution in [3.05, 3.63) is 51.5 Å². The van der Waals surface area contributed by atoms with E-state index in [4.69, 9.17) is 10.9 Å². The number of oxime groups is 1. The Labute approximate surface area is 126 Å². The third kappa shape index (κ3) is 3.57. The normalized spacial score (nSPS) is 13.0. The van der Waals surface area contributed by atoms with E-state index < -0.39 is 0 Å². The molecule has 2 rings (SSSR count). The number of rotatable bonds is 4. The van der Waals surface area contributed by atoms with Gasteiger partial charge in [-0.3, -0.25) is 9.78 Å². The first kappa shape index (κ1) is 15.0. The third-order valence-corrected chi connectivity index (χ3v) is 4.12. The van der Waals surface area contributed by atoms with Crippen LogP contribution in [0.5, 0.6) is 0 Å². The van der Waals surface area contributed by atoms with Gasteiger partial charge in [-0.15, -0.1) is 11.3 Å². The van der Waals surface area contributed by atoms with Gasteiger partial charge in [-0.1, -0.05) is 5.16 Å². The molecule has 1 atom stereocenters. The number of thiophene rings is 1. The fourth-order valence-electron chi connectivity index (χ4n) is 1.77. The number of nitrogens with zero attached hydrogens (tertiary/aromatic N) is 2. The maximum absolute atomic E-state index is 12.1. The molecule has 6 nitrogen and oxygen atoms in total. The molecule has 0 aliphatic rings. The SMILES string of the molecule is Cc1ccc(C(C)NC(=O)c2ccc(C(N)=NO)cn2)s1. The summed E-state index contributed by atoms with van der Waals surface area (Å²) in [4.78, 5) is 18.4. The molecule has 0 fully saturated rings. The van der Waals surface area contributed by atoms with E-state index in [1.807, 2.05) is 26.0 Å². The van der Waals surface area contributed by atoms with Gasteiger partial charge in [-0.2, -0.15) is 0 Å². The van der Waals surface area contributed by atoms with Crippen LogP contribution in [0.2, 0.25) is 0 Å². The summed E-state index contributed by atoms with van der Waals surface area (Å²) in [5.41, 5.74) is 6.18. The van der Waals surface area contributed by atoms with Gasteiger partial charge in [-0.05, 0) is 38.1 Å². The zero-order valence-corrected chi connectivity index (χ0v) is 12.5. The molecule has 0 saturated carbocycles. The molecular formula is C14H16N4O2S. The van der Waals surface area contributed by atoms with Crippen LogP contribution in [-0.2, 0) is 0 Å². The molecule has 0 bridgehead atoms. The summed E-state index contributed by atoms with van der Waals surface area (Å²) in [5.74, 6) is -0.309. The van der Waals surface area contributed by atoms with Crippen LogP contribution in [0.1, 0.15) is 38.8 Å². The van der Waals surface area contributed by atoms with Crippen molar-refractivity contribution in [1.82, 2.24) is 10.3 Å². The Hall–Kier alpha value is -2.41. The van der Waals surface area contributed by atoms with E-state index in [-0.39, 0.29) is 23.5 Å². The second kappa shape index (κ2) is 6.36. The van der Waals surface area contributed by atoms with Gasteiger partial charge < -0.3 is 16.3 Å². The van der Waals surface area contributed by atoms with Gasteiger partial charge in [0.25, 0.3) is 5.91 Å². The number of amides is 1. The summed E-state index contributed by atoms with van der Waals surface area (Å²) in [6, 6.07) is 7.06. The number of carbonyl (C=O) groups excluding carboxylic acids is 1. The standard InChI is InChI=1S/C14H16N4O2S/c1-8-3-6-12(21-8)9(2)17-14(19)11-5-4-10(7-16-11)13(15)18-20/h3-7,9,20H,1-2H3,(H2,15,18)(H,17,19). The molecular weight excluding hydrogens is 288 g/mol. The highest BCUT2D eigenvalue weighted by atomic mass is 32.1. The van der Waals surface area contributed by atoms with Crippen molar-refractivity contribution in [3.63, 3.8) is 0 Å². The van der Waals surface area contributed by atoms with E-state index in [0.29, 0.717) is 5.56 Å². The lowest BCUT2D eigenvalue weighted by atomic mass is 10.2. The van der Waals surface area contributed by atoms with Crippen LogP contribution in [0.3, 0.4) is 0 Å². The lowest BCUT2D eigenvalue weighted by Gasteiger charge is -2.11. The minimum Gasteiger partial charge on any atom is -0.409 e. The lowest BCUT2D eigenvalue weighted by Crippen LogP contribution is -2.27. The van der Waals surface area contributed by atoms with Gasteiger partial charge in [-0.25, -0.2) is 0 Å². The summed E-state index contributed by atoms with van der Waals surface area (Å²) in [6.07, 6.45) is 1.39. The van der Waals surface area contributed by atoms with Gasteiger partial charge in [0.05, 0.1) is 6.04 Å². The summed E-state index contributed by atoms with van der Waals surface area (Å²) in [6.45, 7) is 3.95. The molecule has 4 N–H and O–H groups in total. The number of aromatic nitrogens is 1. The van der Waals surface area contributed by atoms with Crippen molar-refractivity contribution < 1.29 is 10.0 Å². The zero-order valence-electron chi connectivity index (χ0n) is 11.7. The average molecular weight is 304 g/mol. The van der Waals surface area contributed by atoms with Crippen LogP contribution in [0.25, 0.3) is 0 Å². The average Bonchev–Trinajstić information content (AvgIpc) is 2.93. The van der Waals surface area contributed by atoms with Crippen molar-refractivity contribution >= 4 is 23.1 Å². The Morgan fingerprint density at radius 2 is 2.19 bits per heavy atom. The van der Waals surface area contributed by atoms with Crippen LogP contribution in [0.4, 0.5) is 0 Å². The first-order valence-electron chi connectivity index (χ1n) is 6.32. The Morgan fingerprint density at radius 1 is 1.43 bits per heavy atom. The molecule has 21 heavy (non-hydrogen) atoms. The highest BCUT2D eigenvalue weighted by molar-refractivity contribution is 7.12. The quantitative estimate of drug-likeness (QED) is 0.348. The van der Waals surface area contributed by atoms with Gasteiger partial charge in [0.2, 0.25) is 0 Å². The second-order valence-corrected chi connectivity index (χ2v) is 5.88. The molecule has 0 aliphatic carbocycles. The zero-order chi connectivity index (χ0) is 15.4. The lowest BCUT2D eigenvalue weighted by molar-refractivity contribution is 0.0935. The molecule has 0 saturated heterocycles. The molecule has 2 heterocycles. The maximum atomic E-state index is 12.1. The molecule has 2 aromatic rings. The number of carbonyl (C=O) groups is 1. The van der Waals surface area contributed by atoms with Crippen LogP contribution in [-0.4, -0.2) is 21.9 Å². The predicted octanol–water partition coefficient (Wildman–Crippen LogP) is 2.04. The smallest absolute Gasteiger partial charge is 0.270 e. The minimum atomic E-state index is -0.264. The highest BCUT2D eigenvalue weighted by Crippen LogP contribution is 2.22. The largest absolute Gasteiger partial charge is 0.409 e. The maximum Gasteiger partial charge on any atom is 0.270 e. The summed E-state index contributed by atoms with van der Waals surface area (Å²) < 4.78 is 0. The molecule has 0 aromatic carbocycles. The number of nitrogens with one attached hydrogen (secondary N) is 1. The fraction of sp³-hybridized carbons (Fsp3) is 0.214. The highest BCUT2D eigenvalue weighted by Gasteiger charge is 2.14. The van der Waals surface area contributed by atoms with E-state index in [2.05, 4.69) is 15.5 Å². The number of amidine groups is 1. The van der Waals surface area contributed by atoms with Gasteiger partial charge in [0.15, 0.2) is 5.84 Å². The van der Waals surface area contributed by atoms with Crippen molar-refractivity contribution in [2.24, 2.45) is 10.9 Å². The molecule has 7 heteroatoms. The molecule has 1 amide bonds. The number of aryl methyl sites for hydroxylation is 1. The topological polar surface area (TPSA) is 101 Å². The van der Waals surface area contributed by atoms with E-state index in [1.54, 1.807) is 17.4 Å². The predicted molar refractivity (Wildman–Crippen MR) is 81.7 cm³/mol. The minimum absolute atomic E-state index is 0.0445. The molecule has 0 aliphatic heterocycles. The number of hydrogen-bond donors (Lipinski definition) is 3. The summed E-state index contributed by atoms with van der Waals surface area (Å²) >= 11 is 1.65. The van der Waals surface area contributed by atoms with Crippen LogP contribution < -0.4 is 11.1 Å². The third-order valence-electron chi connectivity index (χ3n) is 2.94. The molecule has 110 valence electrons. The number of hydrogen-bond acceptors (Lipinski definition) is 5. The van der Waals surface area contributed by atoms with E-state index in [1.165, 1.54) is 17.1 Å². The first-order valence-corrected chi connectivity index (χ1v) is 7.14.